The number of furan rings is 1. The summed E-state index contributed by atoms with van der Waals surface area (Å²) in [4.78, 5) is 27.0. The lowest BCUT2D eigenvalue weighted by molar-refractivity contribution is -0.133. The van der Waals surface area contributed by atoms with Crippen LogP contribution in [0, 0.1) is 0 Å². The van der Waals surface area contributed by atoms with E-state index in [1.54, 1.807) is 42.5 Å². The number of benzene rings is 3. The molecule has 0 atom stereocenters. The van der Waals surface area contributed by atoms with Crippen molar-refractivity contribution in [3.05, 3.63) is 72.5 Å². The Morgan fingerprint density at radius 2 is 1.81 bits per heavy atom. The minimum atomic E-state index is -0.247. The minimum absolute atomic E-state index is 0.0160. The van der Waals surface area contributed by atoms with Gasteiger partial charge in [-0.05, 0) is 48.0 Å². The van der Waals surface area contributed by atoms with E-state index < -0.39 is 0 Å². The fourth-order valence-corrected chi connectivity index (χ4v) is 3.70. The van der Waals surface area contributed by atoms with E-state index in [0.29, 0.717) is 18.0 Å². The highest BCUT2D eigenvalue weighted by molar-refractivity contribution is 6.08. The number of nitrogens with one attached hydrogen (secondary N) is 1. The van der Waals surface area contributed by atoms with Crippen molar-refractivity contribution >= 4 is 39.2 Å². The molecule has 0 unspecified atom stereocenters. The maximum absolute atomic E-state index is 13.0. The summed E-state index contributed by atoms with van der Waals surface area (Å²) in [6.07, 6.45) is 1.81. The summed E-state index contributed by atoms with van der Waals surface area (Å²) in [5.74, 6) is 0.342. The van der Waals surface area contributed by atoms with E-state index >= 15 is 0 Å². The van der Waals surface area contributed by atoms with Gasteiger partial charge in [0.1, 0.15) is 11.3 Å². The molecule has 0 bridgehead atoms. The highest BCUT2D eigenvalue weighted by Crippen LogP contribution is 2.30. The third-order valence-corrected chi connectivity index (χ3v) is 5.32. The molecule has 0 spiro atoms. The first-order chi connectivity index (χ1) is 15.1. The van der Waals surface area contributed by atoms with Gasteiger partial charge in [0, 0.05) is 23.2 Å². The normalized spacial score (nSPS) is 10.9. The van der Waals surface area contributed by atoms with Crippen LogP contribution in [0.2, 0.25) is 0 Å². The molecule has 6 nitrogen and oxygen atoms in total. The van der Waals surface area contributed by atoms with Crippen molar-refractivity contribution in [1.29, 1.82) is 0 Å². The van der Waals surface area contributed by atoms with Crippen molar-refractivity contribution in [3.63, 3.8) is 0 Å². The van der Waals surface area contributed by atoms with Gasteiger partial charge in [-0.1, -0.05) is 30.3 Å². The van der Waals surface area contributed by atoms with Crippen LogP contribution in [0.25, 0.3) is 21.7 Å². The molecule has 6 heteroatoms. The van der Waals surface area contributed by atoms with Gasteiger partial charge in [0.2, 0.25) is 11.8 Å². The van der Waals surface area contributed by atoms with Crippen LogP contribution in [0.3, 0.4) is 0 Å². The van der Waals surface area contributed by atoms with E-state index in [2.05, 4.69) is 5.32 Å². The largest absolute Gasteiger partial charge is 0.497 e. The summed E-state index contributed by atoms with van der Waals surface area (Å²) < 4.78 is 10.8. The summed E-state index contributed by atoms with van der Waals surface area (Å²) in [5.41, 5.74) is 2.23. The SMILES string of the molecule is CCN(CC(=O)Nc1ccc(OC)cc1)C(=O)Cc1coc2ccc3ccccc3c12. The molecule has 1 N–H and O–H groups in total. The van der Waals surface area contributed by atoms with Crippen molar-refractivity contribution in [2.24, 2.45) is 0 Å². The molecule has 0 aliphatic heterocycles. The minimum Gasteiger partial charge on any atom is -0.497 e. The summed E-state index contributed by atoms with van der Waals surface area (Å²) in [6.45, 7) is 2.28. The molecule has 2 amide bonds. The second kappa shape index (κ2) is 8.92. The van der Waals surface area contributed by atoms with E-state index in [4.69, 9.17) is 9.15 Å². The smallest absolute Gasteiger partial charge is 0.243 e. The molecule has 0 aliphatic rings. The molecule has 0 saturated carbocycles. The van der Waals surface area contributed by atoms with Gasteiger partial charge in [0.05, 0.1) is 26.3 Å². The van der Waals surface area contributed by atoms with E-state index in [9.17, 15) is 9.59 Å². The lowest BCUT2D eigenvalue weighted by Crippen LogP contribution is -2.38. The van der Waals surface area contributed by atoms with Crippen molar-refractivity contribution in [2.45, 2.75) is 13.3 Å². The predicted octanol–water partition coefficient (Wildman–Crippen LogP) is 4.62. The molecule has 31 heavy (non-hydrogen) atoms. The predicted molar refractivity (Wildman–Crippen MR) is 121 cm³/mol. The molecule has 0 saturated heterocycles. The number of anilines is 1. The van der Waals surface area contributed by atoms with Crippen molar-refractivity contribution in [1.82, 2.24) is 4.90 Å². The maximum atomic E-state index is 13.0. The second-order valence-corrected chi connectivity index (χ2v) is 7.28. The topological polar surface area (TPSA) is 71.8 Å². The van der Waals surface area contributed by atoms with Gasteiger partial charge in [0.25, 0.3) is 0 Å². The van der Waals surface area contributed by atoms with Crippen LogP contribution in [-0.2, 0) is 16.0 Å². The first-order valence-electron chi connectivity index (χ1n) is 10.2. The third-order valence-electron chi connectivity index (χ3n) is 5.32. The van der Waals surface area contributed by atoms with E-state index in [0.717, 1.165) is 27.3 Å². The second-order valence-electron chi connectivity index (χ2n) is 7.28. The summed E-state index contributed by atoms with van der Waals surface area (Å²) in [5, 5.41) is 5.91. The molecule has 4 rings (SSSR count). The van der Waals surface area contributed by atoms with Gasteiger partial charge in [-0.2, -0.15) is 0 Å². The Bertz CT molecular complexity index is 1230. The number of likely N-dealkylation sites (N-methyl/N-ethyl adjacent to an activating group) is 1. The van der Waals surface area contributed by atoms with E-state index in [-0.39, 0.29) is 24.8 Å². The van der Waals surface area contributed by atoms with Crippen LogP contribution in [0.1, 0.15) is 12.5 Å². The van der Waals surface area contributed by atoms with Crippen LogP contribution in [-0.4, -0.2) is 36.9 Å². The lowest BCUT2D eigenvalue weighted by Gasteiger charge is -2.20. The zero-order chi connectivity index (χ0) is 21.8. The Morgan fingerprint density at radius 3 is 2.55 bits per heavy atom. The van der Waals surface area contributed by atoms with Gasteiger partial charge in [0.15, 0.2) is 0 Å². The molecule has 1 aromatic heterocycles. The molecule has 158 valence electrons. The number of rotatable bonds is 7. The molecule has 0 fully saturated rings. The van der Waals surface area contributed by atoms with Gasteiger partial charge >= 0.3 is 0 Å². The van der Waals surface area contributed by atoms with E-state index in [1.165, 1.54) is 0 Å². The Balaban J connectivity index is 1.47. The van der Waals surface area contributed by atoms with Crippen molar-refractivity contribution in [3.8, 4) is 5.75 Å². The molecule has 0 radical (unpaired) electrons. The van der Waals surface area contributed by atoms with Crippen LogP contribution in [0.15, 0.2) is 71.3 Å². The number of hydrogen-bond acceptors (Lipinski definition) is 4. The fourth-order valence-electron chi connectivity index (χ4n) is 3.70. The highest BCUT2D eigenvalue weighted by Gasteiger charge is 2.19. The van der Waals surface area contributed by atoms with Gasteiger partial charge in [-0.15, -0.1) is 0 Å². The number of ether oxygens (including phenoxy) is 1. The van der Waals surface area contributed by atoms with Crippen LogP contribution >= 0.6 is 0 Å². The van der Waals surface area contributed by atoms with Crippen molar-refractivity contribution < 1.29 is 18.7 Å². The van der Waals surface area contributed by atoms with Gasteiger partial charge in [-0.3, -0.25) is 9.59 Å². The number of hydrogen-bond donors (Lipinski definition) is 1. The number of methoxy groups -OCH3 is 1. The number of carbonyl (C=O) groups excluding carboxylic acids is 2. The Hall–Kier alpha value is -3.80. The quantitative estimate of drug-likeness (QED) is 0.477. The standard InChI is InChI=1S/C25H24N2O4/c1-3-27(15-23(28)26-19-9-11-20(30-2)12-10-19)24(29)14-18-16-31-22-13-8-17-6-4-5-7-21(17)25(18)22/h4-13,16H,3,14-15H2,1-2H3,(H,26,28). The number of fused-ring (bicyclic) bond motifs is 3. The zero-order valence-electron chi connectivity index (χ0n) is 17.6. The molecular formula is C25H24N2O4. The molecule has 4 aromatic rings. The third kappa shape index (κ3) is 4.38. The van der Waals surface area contributed by atoms with Crippen LogP contribution < -0.4 is 10.1 Å². The monoisotopic (exact) mass is 416 g/mol. The maximum Gasteiger partial charge on any atom is 0.243 e. The van der Waals surface area contributed by atoms with Crippen LogP contribution in [0.5, 0.6) is 5.75 Å². The summed E-state index contributed by atoms with van der Waals surface area (Å²) in [7, 11) is 1.59. The average Bonchev–Trinajstić information content (AvgIpc) is 3.21. The zero-order valence-corrected chi connectivity index (χ0v) is 17.6. The highest BCUT2D eigenvalue weighted by atomic mass is 16.5. The van der Waals surface area contributed by atoms with Gasteiger partial charge < -0.3 is 19.4 Å². The van der Waals surface area contributed by atoms with Crippen molar-refractivity contribution in [2.75, 3.05) is 25.5 Å². The Kier molecular flexibility index (Phi) is 5.89. The first-order valence-corrected chi connectivity index (χ1v) is 10.2. The molecule has 0 aliphatic carbocycles. The first kappa shape index (κ1) is 20.5. The number of carbonyl (C=O) groups is 2. The lowest BCUT2D eigenvalue weighted by atomic mass is 10.0. The van der Waals surface area contributed by atoms with E-state index in [1.807, 2.05) is 43.3 Å². The number of nitrogens with zero attached hydrogens (tertiary/aromatic N) is 1. The molecule has 1 heterocycles. The number of amides is 2. The average molecular weight is 416 g/mol. The molecule has 3 aromatic carbocycles. The summed E-state index contributed by atoms with van der Waals surface area (Å²) >= 11 is 0. The Labute approximate surface area is 180 Å². The van der Waals surface area contributed by atoms with Crippen LogP contribution in [0.4, 0.5) is 5.69 Å². The fraction of sp³-hybridized carbons (Fsp3) is 0.200. The summed E-state index contributed by atoms with van der Waals surface area (Å²) in [6, 6.07) is 19.0. The Morgan fingerprint density at radius 1 is 1.03 bits per heavy atom. The van der Waals surface area contributed by atoms with Gasteiger partial charge in [-0.25, -0.2) is 0 Å². The molecular weight excluding hydrogens is 392 g/mol.